The van der Waals surface area contributed by atoms with E-state index in [9.17, 15) is 9.59 Å². The first-order chi connectivity index (χ1) is 7.16. The minimum absolute atomic E-state index is 0.0266. The van der Waals surface area contributed by atoms with Crippen molar-refractivity contribution in [1.29, 1.82) is 0 Å². The minimum atomic E-state index is -0.788. The van der Waals surface area contributed by atoms with Crippen LogP contribution in [0.1, 0.15) is 38.5 Å². The molecule has 0 radical (unpaired) electrons. The van der Waals surface area contributed by atoms with Crippen LogP contribution in [0, 0.1) is 0 Å². The van der Waals surface area contributed by atoms with Crippen LogP contribution in [0.5, 0.6) is 0 Å². The first-order valence-corrected chi connectivity index (χ1v) is 5.35. The lowest BCUT2D eigenvalue weighted by molar-refractivity contribution is -0.137. The van der Waals surface area contributed by atoms with Crippen LogP contribution in [0.25, 0.3) is 0 Å². The summed E-state index contributed by atoms with van der Waals surface area (Å²) in [5, 5.41) is 11.1. The number of rotatable bonds is 9. The van der Waals surface area contributed by atoms with Crippen molar-refractivity contribution in [2.45, 2.75) is 38.5 Å². The van der Waals surface area contributed by atoms with Gasteiger partial charge in [0.15, 0.2) is 0 Å². The van der Waals surface area contributed by atoms with E-state index in [-0.39, 0.29) is 12.3 Å². The summed E-state index contributed by atoms with van der Waals surface area (Å²) in [6.07, 6.45) is 3.69. The molecule has 88 valence electrons. The predicted molar refractivity (Wildman–Crippen MR) is 57.4 cm³/mol. The second-order valence-electron chi connectivity index (χ2n) is 3.45. The summed E-state index contributed by atoms with van der Waals surface area (Å²) in [4.78, 5) is 21.3. The summed E-state index contributed by atoms with van der Waals surface area (Å²) in [6, 6.07) is 0. The molecule has 0 rings (SSSR count). The van der Waals surface area contributed by atoms with Gasteiger partial charge >= 0.3 is 5.97 Å². The highest BCUT2D eigenvalue weighted by atomic mass is 16.4. The molecule has 0 aromatic rings. The first-order valence-electron chi connectivity index (χ1n) is 5.35. The van der Waals surface area contributed by atoms with E-state index in [1.807, 2.05) is 0 Å². The van der Waals surface area contributed by atoms with Gasteiger partial charge in [0.2, 0.25) is 5.91 Å². The number of carbonyl (C=O) groups is 2. The fraction of sp³-hybridized carbons (Fsp3) is 0.800. The average molecular weight is 216 g/mol. The van der Waals surface area contributed by atoms with Crippen molar-refractivity contribution < 1.29 is 14.7 Å². The Labute approximate surface area is 90.0 Å². The Balaban J connectivity index is 3.20. The number of nitrogens with one attached hydrogen (secondary N) is 1. The fourth-order valence-electron chi connectivity index (χ4n) is 1.15. The van der Waals surface area contributed by atoms with E-state index in [4.69, 9.17) is 10.8 Å². The number of unbranched alkanes of at least 4 members (excludes halogenated alkanes) is 2. The molecule has 5 heteroatoms. The minimum Gasteiger partial charge on any atom is -0.481 e. The lowest BCUT2D eigenvalue weighted by atomic mass is 10.2. The fourth-order valence-corrected chi connectivity index (χ4v) is 1.15. The number of nitrogens with two attached hydrogens (primary N) is 1. The third kappa shape index (κ3) is 10.8. The Morgan fingerprint density at radius 2 is 1.73 bits per heavy atom. The quantitative estimate of drug-likeness (QED) is 0.489. The molecule has 0 saturated carbocycles. The Hall–Kier alpha value is -1.10. The molecule has 0 fully saturated rings. The van der Waals surface area contributed by atoms with E-state index < -0.39 is 5.97 Å². The Kier molecular flexibility index (Phi) is 8.76. The summed E-state index contributed by atoms with van der Waals surface area (Å²) in [5.41, 5.74) is 5.30. The van der Waals surface area contributed by atoms with Crippen molar-refractivity contribution in [2.75, 3.05) is 13.1 Å². The molecule has 5 nitrogen and oxygen atoms in total. The maximum absolute atomic E-state index is 11.1. The molecule has 0 heterocycles. The number of carboxylic acids is 1. The van der Waals surface area contributed by atoms with Crippen LogP contribution in [-0.2, 0) is 9.59 Å². The van der Waals surface area contributed by atoms with Crippen molar-refractivity contribution in [3.05, 3.63) is 0 Å². The van der Waals surface area contributed by atoms with Gasteiger partial charge in [-0.3, -0.25) is 9.59 Å². The highest BCUT2D eigenvalue weighted by Gasteiger charge is 2.00. The van der Waals surface area contributed by atoms with Crippen LogP contribution in [-0.4, -0.2) is 30.1 Å². The largest absolute Gasteiger partial charge is 0.481 e. The van der Waals surface area contributed by atoms with Crippen molar-refractivity contribution in [3.63, 3.8) is 0 Å². The molecule has 4 N–H and O–H groups in total. The van der Waals surface area contributed by atoms with Crippen LogP contribution in [0.2, 0.25) is 0 Å². The topological polar surface area (TPSA) is 92.4 Å². The predicted octanol–water partition coefficient (Wildman–Crippen LogP) is 0.486. The third-order valence-electron chi connectivity index (χ3n) is 2.00. The Bertz CT molecular complexity index is 195. The number of amides is 1. The molecule has 0 aromatic heterocycles. The maximum atomic E-state index is 11.1. The molecule has 0 saturated heterocycles. The van der Waals surface area contributed by atoms with E-state index >= 15 is 0 Å². The Morgan fingerprint density at radius 1 is 1.07 bits per heavy atom. The van der Waals surface area contributed by atoms with Crippen LogP contribution in [0.3, 0.4) is 0 Å². The number of carboxylic acid groups (broad SMARTS) is 1. The second-order valence-corrected chi connectivity index (χ2v) is 3.45. The van der Waals surface area contributed by atoms with Gasteiger partial charge in [-0.1, -0.05) is 0 Å². The molecule has 0 unspecified atom stereocenters. The van der Waals surface area contributed by atoms with Gasteiger partial charge in [0.25, 0.3) is 0 Å². The average Bonchev–Trinajstić information content (AvgIpc) is 2.17. The SMILES string of the molecule is NCCCCC(=O)NCCCCC(=O)O. The Morgan fingerprint density at radius 3 is 2.33 bits per heavy atom. The number of aliphatic carboxylic acids is 1. The van der Waals surface area contributed by atoms with Crippen LogP contribution in [0.15, 0.2) is 0 Å². The van der Waals surface area contributed by atoms with Gasteiger partial charge in [-0.25, -0.2) is 0 Å². The monoisotopic (exact) mass is 216 g/mol. The summed E-state index contributed by atoms with van der Waals surface area (Å²) in [6.45, 7) is 1.18. The number of carbonyl (C=O) groups excluding carboxylic acids is 1. The van der Waals surface area contributed by atoms with Gasteiger partial charge in [-0.05, 0) is 32.2 Å². The standard InChI is InChI=1S/C10H20N2O3/c11-7-3-1-5-9(13)12-8-4-2-6-10(14)15/h1-8,11H2,(H,12,13)(H,14,15). The second kappa shape index (κ2) is 9.45. The van der Waals surface area contributed by atoms with E-state index in [0.717, 1.165) is 19.3 Å². The smallest absolute Gasteiger partial charge is 0.303 e. The molecular formula is C10H20N2O3. The van der Waals surface area contributed by atoms with Crippen molar-refractivity contribution in [3.8, 4) is 0 Å². The highest BCUT2D eigenvalue weighted by Crippen LogP contribution is 1.95. The van der Waals surface area contributed by atoms with Crippen molar-refractivity contribution >= 4 is 11.9 Å². The van der Waals surface area contributed by atoms with E-state index in [1.165, 1.54) is 0 Å². The van der Waals surface area contributed by atoms with Crippen molar-refractivity contribution in [1.82, 2.24) is 5.32 Å². The lowest BCUT2D eigenvalue weighted by Gasteiger charge is -2.03. The summed E-state index contributed by atoms with van der Waals surface area (Å²) < 4.78 is 0. The van der Waals surface area contributed by atoms with E-state index in [0.29, 0.717) is 25.9 Å². The molecule has 0 aliphatic carbocycles. The summed E-state index contributed by atoms with van der Waals surface area (Å²) in [7, 11) is 0. The lowest BCUT2D eigenvalue weighted by Crippen LogP contribution is -2.24. The summed E-state index contributed by atoms with van der Waals surface area (Å²) in [5.74, 6) is -0.761. The molecule has 0 spiro atoms. The zero-order chi connectivity index (χ0) is 11.5. The zero-order valence-corrected chi connectivity index (χ0v) is 9.00. The third-order valence-corrected chi connectivity index (χ3v) is 2.00. The first kappa shape index (κ1) is 13.9. The molecular weight excluding hydrogens is 196 g/mol. The van der Waals surface area contributed by atoms with E-state index in [2.05, 4.69) is 5.32 Å². The van der Waals surface area contributed by atoms with Crippen LogP contribution >= 0.6 is 0 Å². The molecule has 1 amide bonds. The maximum Gasteiger partial charge on any atom is 0.303 e. The van der Waals surface area contributed by atoms with Gasteiger partial charge in [-0.15, -0.1) is 0 Å². The normalized spacial score (nSPS) is 9.93. The van der Waals surface area contributed by atoms with Gasteiger partial charge in [0, 0.05) is 19.4 Å². The highest BCUT2D eigenvalue weighted by molar-refractivity contribution is 5.75. The summed E-state index contributed by atoms with van der Waals surface area (Å²) >= 11 is 0. The number of hydrogen-bond donors (Lipinski definition) is 3. The molecule has 15 heavy (non-hydrogen) atoms. The molecule has 0 atom stereocenters. The zero-order valence-electron chi connectivity index (χ0n) is 9.00. The van der Waals surface area contributed by atoms with Gasteiger partial charge in [-0.2, -0.15) is 0 Å². The van der Waals surface area contributed by atoms with Gasteiger partial charge in [0.1, 0.15) is 0 Å². The van der Waals surface area contributed by atoms with Crippen LogP contribution in [0.4, 0.5) is 0 Å². The number of hydrogen-bond acceptors (Lipinski definition) is 3. The van der Waals surface area contributed by atoms with Gasteiger partial charge < -0.3 is 16.2 Å². The molecule has 0 aliphatic rings. The van der Waals surface area contributed by atoms with Crippen molar-refractivity contribution in [2.24, 2.45) is 5.73 Å². The molecule has 0 aliphatic heterocycles. The molecule has 0 bridgehead atoms. The van der Waals surface area contributed by atoms with Gasteiger partial charge in [0.05, 0.1) is 0 Å². The molecule has 0 aromatic carbocycles. The van der Waals surface area contributed by atoms with E-state index in [1.54, 1.807) is 0 Å². The van der Waals surface area contributed by atoms with Crippen LogP contribution < -0.4 is 11.1 Å².